The Labute approximate surface area is 203 Å². The number of amides is 2. The van der Waals surface area contributed by atoms with Crippen LogP contribution >= 0.6 is 0 Å². The maximum Gasteiger partial charge on any atom is 0.247 e. The number of aliphatic hydroxyl groups is 2. The average Bonchev–Trinajstić information content (AvgIpc) is 3.22. The smallest absolute Gasteiger partial charge is 0.247 e. The lowest BCUT2D eigenvalue weighted by Crippen LogP contribution is -2.55. The van der Waals surface area contributed by atoms with E-state index in [1.165, 1.54) is 17.0 Å². The van der Waals surface area contributed by atoms with E-state index in [0.29, 0.717) is 11.3 Å². The van der Waals surface area contributed by atoms with Crippen LogP contribution in [-0.4, -0.2) is 58.3 Å². The Kier molecular flexibility index (Phi) is 7.33. The minimum atomic E-state index is -1.18. The molecule has 3 N–H and O–H groups in total. The van der Waals surface area contributed by atoms with Crippen molar-refractivity contribution in [3.05, 3.63) is 88.8 Å². The Bertz CT molecular complexity index is 1170. The number of carbonyl (C=O) groups is 2. The first-order chi connectivity index (χ1) is 16.8. The molecule has 0 saturated heterocycles. The van der Waals surface area contributed by atoms with Gasteiger partial charge in [0.1, 0.15) is 23.8 Å². The fourth-order valence-corrected chi connectivity index (χ4v) is 4.66. The van der Waals surface area contributed by atoms with Gasteiger partial charge < -0.3 is 25.2 Å². The number of benzene rings is 2. The lowest BCUT2D eigenvalue weighted by atomic mass is 9.77. The summed E-state index contributed by atoms with van der Waals surface area (Å²) in [6.07, 6.45) is 0.994. The van der Waals surface area contributed by atoms with Crippen molar-refractivity contribution in [3.63, 3.8) is 0 Å². The fraction of sp³-hybridized carbons (Fsp3) is 0.333. The van der Waals surface area contributed by atoms with Crippen LogP contribution in [0, 0.1) is 5.82 Å². The van der Waals surface area contributed by atoms with Gasteiger partial charge in [-0.05, 0) is 32.1 Å². The van der Waals surface area contributed by atoms with Gasteiger partial charge in [-0.2, -0.15) is 0 Å². The van der Waals surface area contributed by atoms with Gasteiger partial charge in [0.2, 0.25) is 11.8 Å². The zero-order chi connectivity index (χ0) is 25.1. The van der Waals surface area contributed by atoms with Gasteiger partial charge in [-0.1, -0.05) is 42.0 Å². The molecule has 7 nitrogen and oxygen atoms in total. The molecule has 0 spiro atoms. The second kappa shape index (κ2) is 10.4. The molecule has 184 valence electrons. The highest BCUT2D eigenvalue weighted by Crippen LogP contribution is 2.47. The fourth-order valence-electron chi connectivity index (χ4n) is 4.66. The summed E-state index contributed by atoms with van der Waals surface area (Å²) in [6, 6.07) is 12.4. The summed E-state index contributed by atoms with van der Waals surface area (Å²) in [7, 11) is 0. The molecule has 0 bridgehead atoms. The van der Waals surface area contributed by atoms with E-state index in [1.54, 1.807) is 50.3 Å². The molecule has 4 atom stereocenters. The molecule has 1 aliphatic carbocycles. The first kappa shape index (κ1) is 24.6. The van der Waals surface area contributed by atoms with Crippen molar-refractivity contribution in [2.24, 2.45) is 0 Å². The van der Waals surface area contributed by atoms with Crippen LogP contribution in [-0.2, 0) is 16.1 Å². The third kappa shape index (κ3) is 4.99. The molecule has 0 saturated carbocycles. The number of hydrogen-bond acceptors (Lipinski definition) is 5. The third-order valence-corrected chi connectivity index (χ3v) is 6.23. The molecule has 2 aromatic rings. The van der Waals surface area contributed by atoms with E-state index in [-0.39, 0.29) is 25.3 Å². The number of nitrogens with one attached hydrogen (secondary N) is 1. The van der Waals surface area contributed by atoms with E-state index in [2.05, 4.69) is 5.32 Å². The van der Waals surface area contributed by atoms with E-state index < -0.39 is 41.8 Å². The van der Waals surface area contributed by atoms with Crippen LogP contribution in [0.15, 0.2) is 71.8 Å². The van der Waals surface area contributed by atoms with E-state index in [0.717, 1.165) is 11.1 Å². The average molecular weight is 481 g/mol. The van der Waals surface area contributed by atoms with Crippen LogP contribution in [0.1, 0.15) is 30.9 Å². The highest BCUT2D eigenvalue weighted by Gasteiger charge is 2.50. The van der Waals surface area contributed by atoms with Gasteiger partial charge in [-0.25, -0.2) is 4.39 Å². The molecular formula is C27H29FN2O5. The van der Waals surface area contributed by atoms with Gasteiger partial charge in [-0.15, -0.1) is 0 Å². The van der Waals surface area contributed by atoms with Crippen molar-refractivity contribution < 1.29 is 28.9 Å². The molecular weight excluding hydrogens is 451 g/mol. The Morgan fingerprint density at radius 3 is 2.57 bits per heavy atom. The van der Waals surface area contributed by atoms with Crippen molar-refractivity contribution >= 4 is 11.8 Å². The molecule has 4 rings (SSSR count). The number of allylic oxidation sites excluding steroid dienone is 1. The van der Waals surface area contributed by atoms with Crippen LogP contribution in [0.2, 0.25) is 0 Å². The van der Waals surface area contributed by atoms with Crippen LogP contribution in [0.4, 0.5) is 4.39 Å². The number of halogens is 1. The lowest BCUT2D eigenvalue weighted by molar-refractivity contribution is -0.133. The zero-order valence-electron chi connectivity index (χ0n) is 19.6. The predicted molar refractivity (Wildman–Crippen MR) is 128 cm³/mol. The second-order valence-electron chi connectivity index (χ2n) is 8.96. The first-order valence-corrected chi connectivity index (χ1v) is 11.5. The lowest BCUT2D eigenvalue weighted by Gasteiger charge is -2.40. The standard InChI is InChI=1S/C27H29FN2O5/c1-16(2)13-23(32)30(15-17-7-3-5-9-20(17)28)21-14-19(27(34)29-11-12-31)24-18-8-4-6-10-22(18)35-26(24)25(21)33/h3-10,13-14,21,24-26,31,33H,11-12,15H2,1-2H3,(H,29,34)/t21-,24+,25+,26+/m1/s1. The summed E-state index contributed by atoms with van der Waals surface area (Å²) in [6.45, 7) is 3.26. The summed E-state index contributed by atoms with van der Waals surface area (Å²) in [4.78, 5) is 27.8. The number of nitrogens with zero attached hydrogens (tertiary/aromatic N) is 1. The van der Waals surface area contributed by atoms with Gasteiger partial charge in [0.15, 0.2) is 0 Å². The maximum absolute atomic E-state index is 14.5. The zero-order valence-corrected chi connectivity index (χ0v) is 19.6. The number of hydrogen-bond donors (Lipinski definition) is 3. The minimum Gasteiger partial charge on any atom is -0.486 e. The first-order valence-electron chi connectivity index (χ1n) is 11.5. The van der Waals surface area contributed by atoms with Crippen LogP contribution in [0.25, 0.3) is 0 Å². The third-order valence-electron chi connectivity index (χ3n) is 6.23. The van der Waals surface area contributed by atoms with Crippen LogP contribution in [0.5, 0.6) is 5.75 Å². The molecule has 8 heteroatoms. The van der Waals surface area contributed by atoms with Crippen molar-refractivity contribution in [2.45, 2.75) is 44.6 Å². The number of para-hydroxylation sites is 1. The molecule has 0 radical (unpaired) electrons. The molecule has 1 aliphatic heterocycles. The SMILES string of the molecule is CC(C)=CC(=O)N(Cc1ccccc1F)[C@@H]1C=C(C(=O)NCCO)[C@@H]2c3ccccc3O[C@@H]2[C@H]1O. The van der Waals surface area contributed by atoms with Crippen LogP contribution in [0.3, 0.4) is 0 Å². The molecule has 2 aliphatic rings. The van der Waals surface area contributed by atoms with Crippen molar-refractivity contribution in [2.75, 3.05) is 13.2 Å². The predicted octanol–water partition coefficient (Wildman–Crippen LogP) is 2.44. The number of ether oxygens (including phenoxy) is 1. The van der Waals surface area contributed by atoms with Gasteiger partial charge in [-0.3, -0.25) is 9.59 Å². The van der Waals surface area contributed by atoms with Crippen molar-refractivity contribution in [1.29, 1.82) is 0 Å². The maximum atomic E-state index is 14.5. The van der Waals surface area contributed by atoms with E-state index in [1.807, 2.05) is 12.1 Å². The molecule has 2 aromatic carbocycles. The normalized spacial score (nSPS) is 22.3. The quantitative estimate of drug-likeness (QED) is 0.529. The molecule has 35 heavy (non-hydrogen) atoms. The van der Waals surface area contributed by atoms with E-state index in [4.69, 9.17) is 4.74 Å². The van der Waals surface area contributed by atoms with Gasteiger partial charge in [0.05, 0.1) is 18.6 Å². The highest BCUT2D eigenvalue weighted by molar-refractivity contribution is 5.96. The molecule has 0 aromatic heterocycles. The topological polar surface area (TPSA) is 99.1 Å². The summed E-state index contributed by atoms with van der Waals surface area (Å²) in [5.41, 5.74) is 2.11. The summed E-state index contributed by atoms with van der Waals surface area (Å²) >= 11 is 0. The van der Waals surface area contributed by atoms with Gasteiger partial charge in [0, 0.05) is 35.9 Å². The van der Waals surface area contributed by atoms with Crippen molar-refractivity contribution in [3.8, 4) is 5.75 Å². The van der Waals surface area contributed by atoms with E-state index in [9.17, 15) is 24.2 Å². The van der Waals surface area contributed by atoms with E-state index >= 15 is 0 Å². The summed E-state index contributed by atoms with van der Waals surface area (Å²) < 4.78 is 20.6. The molecule has 0 fully saturated rings. The Balaban J connectivity index is 1.79. The number of aliphatic hydroxyl groups excluding tert-OH is 2. The van der Waals surface area contributed by atoms with Crippen LogP contribution < -0.4 is 10.1 Å². The molecule has 2 amide bonds. The Morgan fingerprint density at radius 1 is 1.14 bits per heavy atom. The van der Waals surface area contributed by atoms with Gasteiger partial charge in [0.25, 0.3) is 0 Å². The van der Waals surface area contributed by atoms with Gasteiger partial charge >= 0.3 is 0 Å². The monoisotopic (exact) mass is 480 g/mol. The minimum absolute atomic E-state index is 0.0545. The van der Waals surface area contributed by atoms with Crippen molar-refractivity contribution in [1.82, 2.24) is 10.2 Å². The number of fused-ring (bicyclic) bond motifs is 3. The molecule has 0 unspecified atom stereocenters. The number of carbonyl (C=O) groups excluding carboxylic acids is 2. The number of rotatable bonds is 7. The summed E-state index contributed by atoms with van der Waals surface area (Å²) in [5.74, 6) is -1.31. The Hall–Kier alpha value is -3.49. The Morgan fingerprint density at radius 2 is 1.86 bits per heavy atom. The summed E-state index contributed by atoms with van der Waals surface area (Å²) in [5, 5.41) is 23.3. The molecule has 1 heterocycles. The highest BCUT2D eigenvalue weighted by atomic mass is 19.1. The second-order valence-corrected chi connectivity index (χ2v) is 8.96. The largest absolute Gasteiger partial charge is 0.486 e.